The van der Waals surface area contributed by atoms with Crippen molar-refractivity contribution in [1.29, 1.82) is 0 Å². The number of fused-ring (bicyclic) bond motifs is 1. The lowest BCUT2D eigenvalue weighted by atomic mass is 9.72. The summed E-state index contributed by atoms with van der Waals surface area (Å²) in [7, 11) is 0. The molecule has 44 heavy (non-hydrogen) atoms. The number of carboxylic acids is 1. The normalized spacial score (nSPS) is 15.4. The maximum absolute atomic E-state index is 15.6. The molecule has 0 amide bonds. The zero-order valence-corrected chi connectivity index (χ0v) is 23.9. The molecule has 4 aromatic rings. The average Bonchev–Trinajstić information content (AvgIpc) is 2.99. The van der Waals surface area contributed by atoms with E-state index in [0.717, 1.165) is 12.1 Å². The molecule has 0 spiro atoms. The summed E-state index contributed by atoms with van der Waals surface area (Å²) in [6.07, 6.45) is -4.32. The first-order valence-electron chi connectivity index (χ1n) is 13.9. The molecular weight excluding hydrogens is 588 g/mol. The fourth-order valence-electron chi connectivity index (χ4n) is 5.58. The number of likely N-dealkylation sites (tertiary alicyclic amines) is 1. The van der Waals surface area contributed by atoms with Gasteiger partial charge in [-0.15, -0.1) is 0 Å². The maximum atomic E-state index is 15.6. The summed E-state index contributed by atoms with van der Waals surface area (Å²) in [6.45, 7) is 3.41. The van der Waals surface area contributed by atoms with Gasteiger partial charge in [-0.25, -0.2) is 13.2 Å². The van der Waals surface area contributed by atoms with E-state index in [-0.39, 0.29) is 44.6 Å². The standard InChI is InChI=1S/C32H29F6N3O3/c1-18-17-24(22-5-3-4-6-23(22)39-18)40-28-25(33)19(2)26(34)29(27(28)35)44-16-15-41-13-11-31(12-14-41,30(42)43)20-7-9-21(10-8-20)32(36,37)38/h3-10,17H,11-16H2,1-2H3,(H,39,40)(H,42,43). The number of rotatable bonds is 8. The van der Waals surface area contributed by atoms with Crippen molar-refractivity contribution in [3.8, 4) is 5.75 Å². The van der Waals surface area contributed by atoms with Gasteiger partial charge in [-0.2, -0.15) is 13.2 Å². The number of ether oxygens (including phenoxy) is 1. The molecule has 0 atom stereocenters. The topological polar surface area (TPSA) is 74.7 Å². The third-order valence-electron chi connectivity index (χ3n) is 8.14. The molecule has 2 heterocycles. The minimum Gasteiger partial charge on any atom is -0.486 e. The monoisotopic (exact) mass is 617 g/mol. The number of carboxylic acid groups (broad SMARTS) is 1. The van der Waals surface area contributed by atoms with E-state index in [1.54, 1.807) is 37.3 Å². The van der Waals surface area contributed by atoms with Gasteiger partial charge in [0, 0.05) is 28.9 Å². The van der Waals surface area contributed by atoms with Crippen molar-refractivity contribution in [1.82, 2.24) is 9.88 Å². The summed E-state index contributed by atoms with van der Waals surface area (Å²) in [6, 6.07) is 12.8. The van der Waals surface area contributed by atoms with E-state index in [9.17, 15) is 23.1 Å². The number of piperidine rings is 1. The number of hydrogen-bond donors (Lipinski definition) is 2. The SMILES string of the molecule is Cc1cc(Nc2c(F)c(C)c(F)c(OCCN3CCC(C(=O)O)(c4ccc(C(F)(F)F)cc4)CC3)c2F)c2ccccc2n1. The van der Waals surface area contributed by atoms with Crippen molar-refractivity contribution < 1.29 is 41.0 Å². The number of aromatic nitrogens is 1. The molecule has 0 saturated carbocycles. The largest absolute Gasteiger partial charge is 0.486 e. The van der Waals surface area contributed by atoms with Crippen LogP contribution in [-0.2, 0) is 16.4 Å². The molecule has 1 saturated heterocycles. The fourth-order valence-corrected chi connectivity index (χ4v) is 5.58. The number of para-hydroxylation sites is 1. The van der Waals surface area contributed by atoms with Crippen LogP contribution in [0.2, 0.25) is 0 Å². The molecule has 6 nitrogen and oxygen atoms in total. The lowest BCUT2D eigenvalue weighted by Crippen LogP contribution is -2.48. The molecule has 2 N–H and O–H groups in total. The lowest BCUT2D eigenvalue weighted by Gasteiger charge is -2.39. The van der Waals surface area contributed by atoms with Gasteiger partial charge in [0.25, 0.3) is 0 Å². The van der Waals surface area contributed by atoms with Crippen LogP contribution >= 0.6 is 0 Å². The van der Waals surface area contributed by atoms with Gasteiger partial charge < -0.3 is 15.2 Å². The van der Waals surface area contributed by atoms with Gasteiger partial charge in [0.05, 0.1) is 16.5 Å². The highest BCUT2D eigenvalue weighted by Crippen LogP contribution is 2.39. The highest BCUT2D eigenvalue weighted by Gasteiger charge is 2.43. The number of anilines is 2. The number of alkyl halides is 3. The Labute approximate surface area is 249 Å². The number of pyridine rings is 1. The van der Waals surface area contributed by atoms with E-state index in [2.05, 4.69) is 10.3 Å². The summed E-state index contributed by atoms with van der Waals surface area (Å²) in [5, 5.41) is 13.4. The molecule has 1 aliphatic heterocycles. The van der Waals surface area contributed by atoms with E-state index >= 15 is 13.2 Å². The summed E-state index contributed by atoms with van der Waals surface area (Å²) in [5.74, 6) is -5.41. The molecule has 1 fully saturated rings. The predicted molar refractivity (Wildman–Crippen MR) is 153 cm³/mol. The quantitative estimate of drug-likeness (QED) is 0.199. The molecule has 0 aliphatic carbocycles. The third kappa shape index (κ3) is 5.90. The Hall–Kier alpha value is -4.32. The number of nitrogens with zero attached hydrogens (tertiary/aromatic N) is 2. The van der Waals surface area contributed by atoms with E-state index in [4.69, 9.17) is 4.74 Å². The maximum Gasteiger partial charge on any atom is 0.416 e. The van der Waals surface area contributed by atoms with Crippen LogP contribution in [0.4, 0.5) is 37.7 Å². The van der Waals surface area contributed by atoms with Crippen LogP contribution in [0.3, 0.4) is 0 Å². The first kappa shape index (κ1) is 31.1. The Kier molecular flexibility index (Phi) is 8.48. The second-order valence-corrected chi connectivity index (χ2v) is 10.9. The zero-order valence-electron chi connectivity index (χ0n) is 23.9. The van der Waals surface area contributed by atoms with Crippen molar-refractivity contribution in [3.05, 3.63) is 94.4 Å². The van der Waals surface area contributed by atoms with E-state index in [0.29, 0.717) is 22.3 Å². The van der Waals surface area contributed by atoms with Gasteiger partial charge in [0.15, 0.2) is 23.2 Å². The highest BCUT2D eigenvalue weighted by molar-refractivity contribution is 5.93. The summed E-state index contributed by atoms with van der Waals surface area (Å²) in [5.41, 5.74) is -1.37. The van der Waals surface area contributed by atoms with Crippen molar-refractivity contribution in [2.45, 2.75) is 38.3 Å². The molecule has 12 heteroatoms. The van der Waals surface area contributed by atoms with Crippen molar-refractivity contribution in [3.63, 3.8) is 0 Å². The smallest absolute Gasteiger partial charge is 0.416 e. The third-order valence-corrected chi connectivity index (χ3v) is 8.14. The Morgan fingerprint density at radius 3 is 2.30 bits per heavy atom. The molecule has 3 aromatic carbocycles. The average molecular weight is 618 g/mol. The molecule has 232 valence electrons. The minimum absolute atomic E-state index is 0.111. The van der Waals surface area contributed by atoms with Crippen LogP contribution < -0.4 is 10.1 Å². The second-order valence-electron chi connectivity index (χ2n) is 10.9. The van der Waals surface area contributed by atoms with E-state index < -0.39 is 57.6 Å². The van der Waals surface area contributed by atoms with Gasteiger partial charge in [-0.05, 0) is 69.6 Å². The molecule has 1 aliphatic rings. The van der Waals surface area contributed by atoms with Gasteiger partial charge in [0.2, 0.25) is 0 Å². The number of nitrogens with one attached hydrogen (secondary N) is 1. The number of benzene rings is 3. The molecule has 5 rings (SSSR count). The zero-order chi connectivity index (χ0) is 31.8. The highest BCUT2D eigenvalue weighted by atomic mass is 19.4. The first-order valence-corrected chi connectivity index (χ1v) is 13.9. The molecular formula is C32H29F6N3O3. The van der Waals surface area contributed by atoms with Gasteiger partial charge in [-0.1, -0.05) is 30.3 Å². The fraction of sp³-hybridized carbons (Fsp3) is 0.312. The Balaban J connectivity index is 1.29. The van der Waals surface area contributed by atoms with Gasteiger partial charge in [0.1, 0.15) is 12.3 Å². The summed E-state index contributed by atoms with van der Waals surface area (Å²) < 4.78 is 90.2. The lowest BCUT2D eigenvalue weighted by molar-refractivity contribution is -0.146. The van der Waals surface area contributed by atoms with E-state index in [1.807, 2.05) is 4.90 Å². The molecule has 0 radical (unpaired) electrons. The van der Waals surface area contributed by atoms with Crippen molar-refractivity contribution >= 4 is 28.2 Å². The number of carbonyl (C=O) groups is 1. The number of hydrogen-bond acceptors (Lipinski definition) is 5. The predicted octanol–water partition coefficient (Wildman–Crippen LogP) is 7.53. The minimum atomic E-state index is -4.54. The summed E-state index contributed by atoms with van der Waals surface area (Å²) >= 11 is 0. The number of aliphatic carboxylic acids is 1. The van der Waals surface area contributed by atoms with E-state index in [1.165, 1.54) is 19.1 Å². The Morgan fingerprint density at radius 1 is 1.00 bits per heavy atom. The van der Waals surface area contributed by atoms with Crippen LogP contribution in [0.25, 0.3) is 10.9 Å². The van der Waals surface area contributed by atoms with Crippen LogP contribution in [0.1, 0.15) is 35.2 Å². The molecule has 0 unspecified atom stereocenters. The van der Waals surface area contributed by atoms with Crippen molar-refractivity contribution in [2.75, 3.05) is 31.6 Å². The van der Waals surface area contributed by atoms with Crippen molar-refractivity contribution in [2.24, 2.45) is 0 Å². The first-order chi connectivity index (χ1) is 20.8. The van der Waals surface area contributed by atoms with Crippen LogP contribution in [0.5, 0.6) is 5.75 Å². The Bertz CT molecular complexity index is 1700. The Morgan fingerprint density at radius 2 is 1.66 bits per heavy atom. The molecule has 1 aromatic heterocycles. The number of halogens is 6. The van der Waals surface area contributed by atoms with Crippen LogP contribution in [-0.4, -0.2) is 47.2 Å². The summed E-state index contributed by atoms with van der Waals surface area (Å²) in [4.78, 5) is 18.5. The number of aryl methyl sites for hydroxylation is 1. The molecule has 0 bridgehead atoms. The van der Waals surface area contributed by atoms with Crippen LogP contribution in [0.15, 0.2) is 54.6 Å². The van der Waals surface area contributed by atoms with Gasteiger partial charge >= 0.3 is 12.1 Å². The second kappa shape index (κ2) is 12.0. The van der Waals surface area contributed by atoms with Gasteiger partial charge in [-0.3, -0.25) is 14.7 Å². The van der Waals surface area contributed by atoms with Crippen LogP contribution in [0, 0.1) is 31.3 Å².